The first-order valence-electron chi connectivity index (χ1n) is 9.50. The van der Waals surface area contributed by atoms with Crippen LogP contribution < -0.4 is 0 Å². The summed E-state index contributed by atoms with van der Waals surface area (Å²) < 4.78 is 29.8. The number of rotatable bonds is 5. The van der Waals surface area contributed by atoms with E-state index in [1.807, 2.05) is 12.1 Å². The normalized spacial score (nSPS) is 21.4. The zero-order valence-electron chi connectivity index (χ0n) is 15.2. The van der Waals surface area contributed by atoms with Crippen LogP contribution in [0.2, 0.25) is 0 Å². The minimum atomic E-state index is -0.815. The summed E-state index contributed by atoms with van der Waals surface area (Å²) in [4.78, 5) is 0. The van der Waals surface area contributed by atoms with Crippen molar-refractivity contribution in [3.8, 4) is 0 Å². The predicted molar refractivity (Wildman–Crippen MR) is 109 cm³/mol. The van der Waals surface area contributed by atoms with Crippen molar-refractivity contribution in [2.75, 3.05) is 0 Å². The molecule has 26 heavy (non-hydrogen) atoms. The summed E-state index contributed by atoms with van der Waals surface area (Å²) in [5, 5.41) is 0. The fraction of sp³-hybridized carbons (Fsp3) is 0.391. The van der Waals surface area contributed by atoms with Crippen LogP contribution >= 0.6 is 15.9 Å². The number of hydrogen-bond acceptors (Lipinski definition) is 0. The number of benzene rings is 2. The molecule has 0 heterocycles. The molecule has 1 fully saturated rings. The van der Waals surface area contributed by atoms with E-state index >= 15 is 0 Å². The van der Waals surface area contributed by atoms with Crippen LogP contribution in [0.25, 0.3) is 11.7 Å². The summed E-state index contributed by atoms with van der Waals surface area (Å²) in [5.74, 6) is -0.188. The zero-order valence-corrected chi connectivity index (χ0v) is 16.7. The first-order valence-corrected chi connectivity index (χ1v) is 10.3. The molecular formula is C23H25BrF2. The van der Waals surface area contributed by atoms with Crippen LogP contribution in [0.15, 0.2) is 53.0 Å². The highest BCUT2D eigenvalue weighted by Crippen LogP contribution is 2.38. The molecule has 0 N–H and O–H groups in total. The molecule has 1 aliphatic carbocycles. The molecule has 2 aromatic carbocycles. The van der Waals surface area contributed by atoms with Crippen LogP contribution in [0.5, 0.6) is 0 Å². The molecule has 0 amide bonds. The van der Waals surface area contributed by atoms with Gasteiger partial charge >= 0.3 is 0 Å². The third kappa shape index (κ3) is 4.62. The van der Waals surface area contributed by atoms with Gasteiger partial charge in [-0.05, 0) is 55.2 Å². The van der Waals surface area contributed by atoms with Crippen molar-refractivity contribution in [2.24, 2.45) is 5.92 Å². The molecular weight excluding hydrogens is 394 g/mol. The van der Waals surface area contributed by atoms with Crippen LogP contribution in [0.4, 0.5) is 8.78 Å². The van der Waals surface area contributed by atoms with E-state index in [0.29, 0.717) is 11.5 Å². The Bertz CT molecular complexity index is 739. The van der Waals surface area contributed by atoms with Gasteiger partial charge in [0.25, 0.3) is 0 Å². The Morgan fingerprint density at radius 3 is 1.85 bits per heavy atom. The van der Waals surface area contributed by atoms with E-state index < -0.39 is 11.7 Å². The fourth-order valence-corrected chi connectivity index (χ4v) is 4.21. The van der Waals surface area contributed by atoms with Gasteiger partial charge in [0.2, 0.25) is 0 Å². The quantitative estimate of drug-likeness (QED) is 0.428. The van der Waals surface area contributed by atoms with Crippen LogP contribution in [-0.2, 0) is 0 Å². The molecule has 2 aromatic rings. The van der Waals surface area contributed by atoms with Gasteiger partial charge in [0.05, 0.1) is 0 Å². The SMILES string of the molecule is CCCC1CCC(c2ccc(/C(F)=C(/F)c3ccc(Br)cc3)cc2)CC1. The summed E-state index contributed by atoms with van der Waals surface area (Å²) >= 11 is 3.30. The Kier molecular flexibility index (Phi) is 6.63. The zero-order chi connectivity index (χ0) is 18.5. The van der Waals surface area contributed by atoms with Crippen LogP contribution in [0, 0.1) is 5.92 Å². The van der Waals surface area contributed by atoms with Gasteiger partial charge in [0, 0.05) is 15.6 Å². The van der Waals surface area contributed by atoms with Crippen molar-refractivity contribution in [1.82, 2.24) is 0 Å². The fourth-order valence-electron chi connectivity index (χ4n) is 3.94. The van der Waals surface area contributed by atoms with Crippen molar-refractivity contribution < 1.29 is 8.78 Å². The monoisotopic (exact) mass is 418 g/mol. The van der Waals surface area contributed by atoms with Gasteiger partial charge in [-0.2, -0.15) is 0 Å². The van der Waals surface area contributed by atoms with Crippen LogP contribution in [0.1, 0.15) is 68.1 Å². The topological polar surface area (TPSA) is 0 Å². The number of hydrogen-bond donors (Lipinski definition) is 0. The van der Waals surface area contributed by atoms with Gasteiger partial charge in [-0.1, -0.05) is 72.1 Å². The molecule has 3 rings (SSSR count). The Labute approximate surface area is 163 Å². The molecule has 0 atom stereocenters. The summed E-state index contributed by atoms with van der Waals surface area (Å²) in [5.41, 5.74) is 1.80. The molecule has 0 aromatic heterocycles. The maximum absolute atomic E-state index is 14.5. The van der Waals surface area contributed by atoms with Gasteiger partial charge in [-0.25, -0.2) is 8.78 Å². The second kappa shape index (κ2) is 8.94. The molecule has 138 valence electrons. The molecule has 0 unspecified atom stereocenters. The second-order valence-corrected chi connectivity index (χ2v) is 8.18. The maximum Gasteiger partial charge on any atom is 0.166 e. The largest absolute Gasteiger partial charge is 0.203 e. The van der Waals surface area contributed by atoms with Gasteiger partial charge in [0.1, 0.15) is 0 Å². The Morgan fingerprint density at radius 1 is 0.846 bits per heavy atom. The Balaban J connectivity index is 1.71. The summed E-state index contributed by atoms with van der Waals surface area (Å²) in [6.07, 6.45) is 7.57. The van der Waals surface area contributed by atoms with Gasteiger partial charge in [-0.15, -0.1) is 0 Å². The average molecular weight is 419 g/mol. The predicted octanol–water partition coefficient (Wildman–Crippen LogP) is 8.29. The molecule has 0 saturated heterocycles. The lowest BCUT2D eigenvalue weighted by Gasteiger charge is -2.28. The molecule has 0 aliphatic heterocycles. The van der Waals surface area contributed by atoms with Crippen LogP contribution in [0.3, 0.4) is 0 Å². The smallest absolute Gasteiger partial charge is 0.166 e. The second-order valence-electron chi connectivity index (χ2n) is 7.26. The molecule has 0 radical (unpaired) electrons. The van der Waals surface area contributed by atoms with Gasteiger partial charge < -0.3 is 0 Å². The summed E-state index contributed by atoms with van der Waals surface area (Å²) in [6.45, 7) is 2.25. The van der Waals surface area contributed by atoms with Crippen molar-refractivity contribution in [1.29, 1.82) is 0 Å². The average Bonchev–Trinajstić information content (AvgIpc) is 2.68. The molecule has 3 heteroatoms. The lowest BCUT2D eigenvalue weighted by molar-refractivity contribution is 0.308. The minimum absolute atomic E-state index is 0.254. The lowest BCUT2D eigenvalue weighted by Crippen LogP contribution is -2.13. The van der Waals surface area contributed by atoms with E-state index in [1.54, 1.807) is 36.4 Å². The van der Waals surface area contributed by atoms with Crippen LogP contribution in [-0.4, -0.2) is 0 Å². The highest BCUT2D eigenvalue weighted by molar-refractivity contribution is 9.10. The van der Waals surface area contributed by atoms with Crippen molar-refractivity contribution >= 4 is 27.6 Å². The summed E-state index contributed by atoms with van der Waals surface area (Å²) in [7, 11) is 0. The van der Waals surface area contributed by atoms with E-state index in [-0.39, 0.29) is 5.56 Å². The third-order valence-corrected chi connectivity index (χ3v) is 6.00. The van der Waals surface area contributed by atoms with Gasteiger partial charge in [-0.3, -0.25) is 0 Å². The highest BCUT2D eigenvalue weighted by atomic mass is 79.9. The van der Waals surface area contributed by atoms with Gasteiger partial charge in [0.15, 0.2) is 11.7 Å². The van der Waals surface area contributed by atoms with Crippen molar-refractivity contribution in [3.05, 3.63) is 69.7 Å². The van der Waals surface area contributed by atoms with E-state index in [4.69, 9.17) is 0 Å². The van der Waals surface area contributed by atoms with Crippen molar-refractivity contribution in [2.45, 2.75) is 51.4 Å². The third-order valence-electron chi connectivity index (χ3n) is 5.47. The Morgan fingerprint density at radius 2 is 1.35 bits per heavy atom. The lowest BCUT2D eigenvalue weighted by atomic mass is 9.77. The molecule has 0 spiro atoms. The highest BCUT2D eigenvalue weighted by Gasteiger charge is 2.22. The molecule has 0 bridgehead atoms. The number of halogens is 3. The van der Waals surface area contributed by atoms with Crippen molar-refractivity contribution in [3.63, 3.8) is 0 Å². The van der Waals surface area contributed by atoms with E-state index in [0.717, 1.165) is 10.4 Å². The minimum Gasteiger partial charge on any atom is -0.203 e. The van der Waals surface area contributed by atoms with E-state index in [1.165, 1.54) is 44.1 Å². The first-order chi connectivity index (χ1) is 12.6. The maximum atomic E-state index is 14.5. The van der Waals surface area contributed by atoms with E-state index in [9.17, 15) is 8.78 Å². The molecule has 1 aliphatic rings. The Hall–Kier alpha value is -1.48. The molecule has 1 saturated carbocycles. The molecule has 0 nitrogen and oxygen atoms in total. The van der Waals surface area contributed by atoms with E-state index in [2.05, 4.69) is 22.9 Å². The standard InChI is InChI=1S/C23H25BrF2/c1-2-3-16-4-6-17(7-5-16)18-8-10-19(11-9-18)22(25)23(26)20-12-14-21(24)15-13-20/h8-17H,2-7H2,1H3/b23-22-. The summed E-state index contributed by atoms with van der Waals surface area (Å²) in [6, 6.07) is 13.9. The first kappa shape index (κ1) is 19.3.